The van der Waals surface area contributed by atoms with Crippen LogP contribution in [0.2, 0.25) is 0 Å². The summed E-state index contributed by atoms with van der Waals surface area (Å²) in [4.78, 5) is 4.60. The predicted molar refractivity (Wildman–Crippen MR) is 136 cm³/mol. The van der Waals surface area contributed by atoms with Gasteiger partial charge in [-0.1, -0.05) is 97.1 Å². The molecule has 0 aliphatic carbocycles. The van der Waals surface area contributed by atoms with Crippen molar-refractivity contribution in [3.8, 4) is 33.4 Å². The van der Waals surface area contributed by atoms with E-state index in [1.165, 1.54) is 38.6 Å². The molecule has 0 atom stereocenters. The first-order valence-corrected chi connectivity index (χ1v) is 10.9. The van der Waals surface area contributed by atoms with E-state index in [0.717, 1.165) is 16.5 Å². The van der Waals surface area contributed by atoms with Crippen molar-refractivity contribution in [3.05, 3.63) is 128 Å². The molecule has 32 heavy (non-hydrogen) atoms. The van der Waals surface area contributed by atoms with Gasteiger partial charge < -0.3 is 0 Å². The Bertz CT molecular complexity index is 1560. The number of aromatic nitrogens is 1. The molecular weight excluding hydrogens is 386 g/mol. The number of fused-ring (bicyclic) bond motifs is 2. The lowest BCUT2D eigenvalue weighted by atomic mass is 9.96. The molecule has 0 radical (unpaired) electrons. The van der Waals surface area contributed by atoms with Crippen molar-refractivity contribution in [2.24, 2.45) is 0 Å². The van der Waals surface area contributed by atoms with E-state index >= 15 is 0 Å². The first-order valence-electron chi connectivity index (χ1n) is 10.9. The molecule has 0 aliphatic rings. The molecular formula is C31H21N. The van der Waals surface area contributed by atoms with Crippen LogP contribution >= 0.6 is 0 Å². The molecule has 0 N–H and O–H groups in total. The fraction of sp³-hybridized carbons (Fsp3) is 0. The van der Waals surface area contributed by atoms with E-state index in [1.807, 2.05) is 18.3 Å². The molecule has 1 heterocycles. The largest absolute Gasteiger partial charge is 0.256 e. The van der Waals surface area contributed by atoms with Gasteiger partial charge in [0.25, 0.3) is 0 Å². The predicted octanol–water partition coefficient (Wildman–Crippen LogP) is 8.39. The Morgan fingerprint density at radius 1 is 0.344 bits per heavy atom. The third kappa shape index (κ3) is 3.44. The van der Waals surface area contributed by atoms with Crippen LogP contribution in [0.1, 0.15) is 0 Å². The van der Waals surface area contributed by atoms with Crippen molar-refractivity contribution >= 4 is 21.7 Å². The van der Waals surface area contributed by atoms with Crippen molar-refractivity contribution < 1.29 is 0 Å². The smallest absolute Gasteiger partial charge is 0.0702 e. The van der Waals surface area contributed by atoms with Crippen LogP contribution in [0.25, 0.3) is 55.1 Å². The Morgan fingerprint density at radius 2 is 0.906 bits per heavy atom. The van der Waals surface area contributed by atoms with E-state index in [4.69, 9.17) is 0 Å². The normalized spacial score (nSPS) is 11.1. The van der Waals surface area contributed by atoms with Gasteiger partial charge in [-0.3, -0.25) is 4.98 Å². The van der Waals surface area contributed by atoms with Crippen molar-refractivity contribution in [3.63, 3.8) is 0 Å². The summed E-state index contributed by atoms with van der Waals surface area (Å²) in [5, 5.41) is 3.70. The maximum absolute atomic E-state index is 4.60. The van der Waals surface area contributed by atoms with Gasteiger partial charge in [-0.2, -0.15) is 0 Å². The fourth-order valence-electron chi connectivity index (χ4n) is 4.33. The highest BCUT2D eigenvalue weighted by Crippen LogP contribution is 2.30. The summed E-state index contributed by atoms with van der Waals surface area (Å²) in [7, 11) is 0. The van der Waals surface area contributed by atoms with Crippen LogP contribution in [0.5, 0.6) is 0 Å². The molecule has 1 aromatic heterocycles. The number of hydrogen-bond acceptors (Lipinski definition) is 1. The average molecular weight is 408 g/mol. The zero-order chi connectivity index (χ0) is 21.3. The summed E-state index contributed by atoms with van der Waals surface area (Å²) in [5.41, 5.74) is 8.25. The molecule has 5 aromatic carbocycles. The molecule has 0 amide bonds. The third-order valence-corrected chi connectivity index (χ3v) is 6.09. The summed E-state index contributed by atoms with van der Waals surface area (Å²) >= 11 is 0. The van der Waals surface area contributed by atoms with Gasteiger partial charge in [-0.05, 0) is 62.9 Å². The monoisotopic (exact) mass is 407 g/mol. The molecule has 0 saturated heterocycles. The number of hydrogen-bond donors (Lipinski definition) is 0. The summed E-state index contributed by atoms with van der Waals surface area (Å²) in [6.07, 6.45) is 1.96. The Labute approximate surface area is 187 Å². The van der Waals surface area contributed by atoms with Gasteiger partial charge in [0, 0.05) is 17.1 Å². The molecule has 6 rings (SSSR count). The first kappa shape index (κ1) is 18.5. The lowest BCUT2D eigenvalue weighted by molar-refractivity contribution is 1.41. The first-order chi connectivity index (χ1) is 15.8. The number of benzene rings is 5. The Balaban J connectivity index is 1.33. The molecule has 0 aliphatic heterocycles. The number of nitrogens with zero attached hydrogens (tertiary/aromatic N) is 1. The van der Waals surface area contributed by atoms with Crippen LogP contribution in [-0.4, -0.2) is 4.98 Å². The molecule has 1 heteroatoms. The highest BCUT2D eigenvalue weighted by Gasteiger charge is 2.05. The van der Waals surface area contributed by atoms with Gasteiger partial charge in [0.05, 0.1) is 5.52 Å². The topological polar surface area (TPSA) is 12.9 Å². The molecule has 0 fully saturated rings. The van der Waals surface area contributed by atoms with Crippen LogP contribution in [0.3, 0.4) is 0 Å². The summed E-state index contributed by atoms with van der Waals surface area (Å²) in [5.74, 6) is 0. The highest BCUT2D eigenvalue weighted by atomic mass is 14.6. The second kappa shape index (κ2) is 7.79. The second-order valence-electron chi connectivity index (χ2n) is 8.14. The molecule has 1 nitrogen and oxygen atoms in total. The third-order valence-electron chi connectivity index (χ3n) is 6.09. The molecule has 0 bridgehead atoms. The zero-order valence-corrected chi connectivity index (χ0v) is 17.6. The van der Waals surface area contributed by atoms with Crippen LogP contribution in [-0.2, 0) is 0 Å². The van der Waals surface area contributed by atoms with Gasteiger partial charge in [0.1, 0.15) is 0 Å². The van der Waals surface area contributed by atoms with E-state index in [9.17, 15) is 0 Å². The van der Waals surface area contributed by atoms with Gasteiger partial charge >= 0.3 is 0 Å². The minimum Gasteiger partial charge on any atom is -0.256 e. The highest BCUT2D eigenvalue weighted by molar-refractivity contribution is 5.88. The maximum atomic E-state index is 4.60. The molecule has 0 saturated carbocycles. The van der Waals surface area contributed by atoms with Crippen molar-refractivity contribution in [1.29, 1.82) is 0 Å². The lowest BCUT2D eigenvalue weighted by Gasteiger charge is -2.09. The lowest BCUT2D eigenvalue weighted by Crippen LogP contribution is -1.85. The van der Waals surface area contributed by atoms with Gasteiger partial charge in [-0.15, -0.1) is 0 Å². The second-order valence-corrected chi connectivity index (χ2v) is 8.14. The molecule has 150 valence electrons. The van der Waals surface area contributed by atoms with Crippen molar-refractivity contribution in [2.45, 2.75) is 0 Å². The number of rotatable bonds is 3. The Kier molecular flexibility index (Phi) is 4.51. The summed E-state index contributed by atoms with van der Waals surface area (Å²) in [6.45, 7) is 0. The average Bonchev–Trinajstić information content (AvgIpc) is 2.88. The van der Waals surface area contributed by atoms with Crippen molar-refractivity contribution in [2.75, 3.05) is 0 Å². The van der Waals surface area contributed by atoms with Crippen molar-refractivity contribution in [1.82, 2.24) is 4.98 Å². The van der Waals surface area contributed by atoms with Gasteiger partial charge in [-0.25, -0.2) is 0 Å². The van der Waals surface area contributed by atoms with E-state index in [1.54, 1.807) is 0 Å². The summed E-state index contributed by atoms with van der Waals surface area (Å²) in [6, 6.07) is 43.2. The van der Waals surface area contributed by atoms with Crippen LogP contribution in [0.4, 0.5) is 0 Å². The number of para-hydroxylation sites is 1. The quantitative estimate of drug-likeness (QED) is 0.287. The van der Waals surface area contributed by atoms with Crippen LogP contribution in [0, 0.1) is 0 Å². The fourth-order valence-corrected chi connectivity index (χ4v) is 4.33. The SMILES string of the molecule is c1cc(-c2ccc(-c3cnc4ccccc4c3)cc2)cc(-c2ccc3ccccc3c2)c1. The van der Waals surface area contributed by atoms with Gasteiger partial charge in [0.15, 0.2) is 0 Å². The van der Waals surface area contributed by atoms with E-state index in [2.05, 4.69) is 114 Å². The minimum atomic E-state index is 1.03. The Morgan fingerprint density at radius 3 is 1.72 bits per heavy atom. The standard InChI is InChI=1S/C31H21N/c1-2-7-25-19-28(17-16-22(25)6-1)27-10-5-9-26(18-27)23-12-14-24(15-13-23)30-20-29-8-3-4-11-31(29)32-21-30/h1-21H. The maximum Gasteiger partial charge on any atom is 0.0702 e. The van der Waals surface area contributed by atoms with Gasteiger partial charge in [0.2, 0.25) is 0 Å². The van der Waals surface area contributed by atoms with Crippen LogP contribution in [0.15, 0.2) is 128 Å². The molecule has 0 spiro atoms. The number of pyridine rings is 1. The van der Waals surface area contributed by atoms with E-state index in [-0.39, 0.29) is 0 Å². The minimum absolute atomic E-state index is 1.03. The molecule has 0 unspecified atom stereocenters. The molecule has 6 aromatic rings. The van der Waals surface area contributed by atoms with Crippen LogP contribution < -0.4 is 0 Å². The summed E-state index contributed by atoms with van der Waals surface area (Å²) < 4.78 is 0. The Hall–Kier alpha value is -4.23. The van der Waals surface area contributed by atoms with E-state index < -0.39 is 0 Å². The zero-order valence-electron chi connectivity index (χ0n) is 17.6. The van der Waals surface area contributed by atoms with E-state index in [0.29, 0.717) is 0 Å².